The summed E-state index contributed by atoms with van der Waals surface area (Å²) in [5.41, 5.74) is 11.7. The van der Waals surface area contributed by atoms with E-state index in [1.807, 2.05) is 4.68 Å². The number of benzene rings is 1. The van der Waals surface area contributed by atoms with E-state index >= 15 is 0 Å². The molecule has 0 unspecified atom stereocenters. The van der Waals surface area contributed by atoms with Crippen LogP contribution in [0.15, 0.2) is 18.2 Å². The van der Waals surface area contributed by atoms with Gasteiger partial charge in [-0.05, 0) is 55.9 Å². The first kappa shape index (κ1) is 16.2. The standard InChI is InChI=1S/C19H28N4/c1-14-8-10-17(12-15(14)2)23-19(18(13-20)21-22-23)11-9-16-6-4-3-5-7-16/h8,10,12,16H,3-7,9,11,13,20H2,1-2H3. The first-order chi connectivity index (χ1) is 11.2. The number of hydrogen-bond donors (Lipinski definition) is 1. The Balaban J connectivity index is 1.82. The molecule has 1 aliphatic rings. The van der Waals surface area contributed by atoms with E-state index in [9.17, 15) is 0 Å². The Kier molecular flexibility index (Phi) is 5.11. The zero-order valence-corrected chi connectivity index (χ0v) is 14.4. The fraction of sp³-hybridized carbons (Fsp3) is 0.579. The highest BCUT2D eigenvalue weighted by molar-refractivity contribution is 5.40. The third-order valence-electron chi connectivity index (χ3n) is 5.29. The second kappa shape index (κ2) is 7.26. The van der Waals surface area contributed by atoms with Gasteiger partial charge in [0.25, 0.3) is 0 Å². The monoisotopic (exact) mass is 312 g/mol. The van der Waals surface area contributed by atoms with Gasteiger partial charge in [0.1, 0.15) is 0 Å². The van der Waals surface area contributed by atoms with Gasteiger partial charge < -0.3 is 5.73 Å². The summed E-state index contributed by atoms with van der Waals surface area (Å²) in [5, 5.41) is 8.69. The van der Waals surface area contributed by atoms with E-state index in [2.05, 4.69) is 42.4 Å². The van der Waals surface area contributed by atoms with Crippen LogP contribution < -0.4 is 5.73 Å². The maximum atomic E-state index is 5.89. The Morgan fingerprint density at radius 2 is 1.91 bits per heavy atom. The molecule has 1 aromatic heterocycles. The van der Waals surface area contributed by atoms with Crippen molar-refractivity contribution in [3.8, 4) is 5.69 Å². The van der Waals surface area contributed by atoms with E-state index in [4.69, 9.17) is 5.73 Å². The van der Waals surface area contributed by atoms with E-state index in [0.717, 1.165) is 23.7 Å². The van der Waals surface area contributed by atoms with E-state index in [1.165, 1.54) is 55.3 Å². The first-order valence-corrected chi connectivity index (χ1v) is 8.90. The summed E-state index contributed by atoms with van der Waals surface area (Å²) in [5.74, 6) is 0.859. The van der Waals surface area contributed by atoms with Crippen LogP contribution >= 0.6 is 0 Å². The summed E-state index contributed by atoms with van der Waals surface area (Å²) in [6.45, 7) is 4.74. The van der Waals surface area contributed by atoms with Gasteiger partial charge in [-0.2, -0.15) is 0 Å². The molecule has 2 aromatic rings. The van der Waals surface area contributed by atoms with E-state index in [0.29, 0.717) is 6.54 Å². The summed E-state index contributed by atoms with van der Waals surface area (Å²) >= 11 is 0. The van der Waals surface area contributed by atoms with Crippen LogP contribution in [0.2, 0.25) is 0 Å². The molecule has 1 aromatic carbocycles. The molecule has 0 bridgehead atoms. The first-order valence-electron chi connectivity index (χ1n) is 8.90. The SMILES string of the molecule is Cc1ccc(-n2nnc(CN)c2CCC2CCCCC2)cc1C. The molecule has 0 atom stereocenters. The lowest BCUT2D eigenvalue weighted by atomic mass is 9.85. The molecule has 4 heteroatoms. The predicted molar refractivity (Wildman–Crippen MR) is 93.6 cm³/mol. The zero-order valence-electron chi connectivity index (χ0n) is 14.4. The molecule has 23 heavy (non-hydrogen) atoms. The quantitative estimate of drug-likeness (QED) is 0.912. The fourth-order valence-corrected chi connectivity index (χ4v) is 3.62. The van der Waals surface area contributed by atoms with Crippen LogP contribution in [-0.4, -0.2) is 15.0 Å². The second-order valence-electron chi connectivity index (χ2n) is 6.91. The zero-order chi connectivity index (χ0) is 16.2. The summed E-state index contributed by atoms with van der Waals surface area (Å²) < 4.78 is 2.00. The molecule has 3 rings (SSSR count). The van der Waals surface area contributed by atoms with Gasteiger partial charge in [-0.3, -0.25) is 0 Å². The van der Waals surface area contributed by atoms with Gasteiger partial charge in [-0.15, -0.1) is 5.10 Å². The van der Waals surface area contributed by atoms with Crippen LogP contribution in [0.5, 0.6) is 0 Å². The minimum absolute atomic E-state index is 0.463. The van der Waals surface area contributed by atoms with Crippen molar-refractivity contribution in [1.82, 2.24) is 15.0 Å². The van der Waals surface area contributed by atoms with Crippen LogP contribution in [-0.2, 0) is 13.0 Å². The van der Waals surface area contributed by atoms with E-state index in [-0.39, 0.29) is 0 Å². The third kappa shape index (κ3) is 3.63. The van der Waals surface area contributed by atoms with E-state index in [1.54, 1.807) is 0 Å². The number of nitrogens with two attached hydrogens (primary N) is 1. The van der Waals surface area contributed by atoms with Crippen molar-refractivity contribution in [3.63, 3.8) is 0 Å². The number of aryl methyl sites for hydroxylation is 2. The normalized spacial score (nSPS) is 16.0. The topological polar surface area (TPSA) is 56.7 Å². The lowest BCUT2D eigenvalue weighted by Crippen LogP contribution is -2.11. The number of hydrogen-bond acceptors (Lipinski definition) is 3. The molecule has 0 radical (unpaired) electrons. The average molecular weight is 312 g/mol. The Hall–Kier alpha value is -1.68. The molecule has 0 aliphatic heterocycles. The minimum atomic E-state index is 0.463. The van der Waals surface area contributed by atoms with Gasteiger partial charge in [0.15, 0.2) is 0 Å². The Morgan fingerprint density at radius 3 is 2.61 bits per heavy atom. The third-order valence-corrected chi connectivity index (χ3v) is 5.29. The highest BCUT2D eigenvalue weighted by atomic mass is 15.4. The van der Waals surface area contributed by atoms with Crippen molar-refractivity contribution >= 4 is 0 Å². The fourth-order valence-electron chi connectivity index (χ4n) is 3.62. The second-order valence-corrected chi connectivity index (χ2v) is 6.91. The molecule has 4 nitrogen and oxygen atoms in total. The molecule has 0 saturated heterocycles. The highest BCUT2D eigenvalue weighted by Gasteiger charge is 2.18. The summed E-state index contributed by atoms with van der Waals surface area (Å²) in [6, 6.07) is 6.47. The van der Waals surface area contributed by atoms with Gasteiger partial charge in [0, 0.05) is 6.54 Å². The summed E-state index contributed by atoms with van der Waals surface area (Å²) in [4.78, 5) is 0. The van der Waals surface area contributed by atoms with Crippen molar-refractivity contribution in [1.29, 1.82) is 0 Å². The van der Waals surface area contributed by atoms with Gasteiger partial charge >= 0.3 is 0 Å². The molecule has 1 fully saturated rings. The highest BCUT2D eigenvalue weighted by Crippen LogP contribution is 2.28. The van der Waals surface area contributed by atoms with Gasteiger partial charge in [-0.1, -0.05) is 43.4 Å². The minimum Gasteiger partial charge on any atom is -0.325 e. The lowest BCUT2D eigenvalue weighted by molar-refractivity contribution is 0.337. The lowest BCUT2D eigenvalue weighted by Gasteiger charge is -2.21. The molecule has 2 N–H and O–H groups in total. The van der Waals surface area contributed by atoms with Gasteiger partial charge in [0.05, 0.1) is 17.1 Å². The molecule has 1 aliphatic carbocycles. The molecule has 0 spiro atoms. The number of aromatic nitrogens is 3. The number of rotatable bonds is 5. The van der Waals surface area contributed by atoms with Crippen molar-refractivity contribution in [3.05, 3.63) is 40.7 Å². The van der Waals surface area contributed by atoms with Crippen molar-refractivity contribution in [2.75, 3.05) is 0 Å². The number of nitrogens with zero attached hydrogens (tertiary/aromatic N) is 3. The van der Waals surface area contributed by atoms with Gasteiger partial charge in [-0.25, -0.2) is 4.68 Å². The van der Waals surface area contributed by atoms with Crippen molar-refractivity contribution in [2.24, 2.45) is 11.7 Å². The van der Waals surface area contributed by atoms with Crippen LogP contribution in [0, 0.1) is 19.8 Å². The summed E-state index contributed by atoms with van der Waals surface area (Å²) in [7, 11) is 0. The maximum Gasteiger partial charge on any atom is 0.0999 e. The van der Waals surface area contributed by atoms with Crippen LogP contribution in [0.1, 0.15) is 61.0 Å². The predicted octanol–water partition coefficient (Wildman–Crippen LogP) is 3.86. The smallest absolute Gasteiger partial charge is 0.0999 e. The Morgan fingerprint density at radius 1 is 1.13 bits per heavy atom. The molecule has 1 heterocycles. The average Bonchev–Trinajstić information content (AvgIpc) is 2.99. The molecular weight excluding hydrogens is 284 g/mol. The van der Waals surface area contributed by atoms with Gasteiger partial charge in [0.2, 0.25) is 0 Å². The molecule has 0 amide bonds. The van der Waals surface area contributed by atoms with Crippen LogP contribution in [0.25, 0.3) is 5.69 Å². The Bertz CT molecular complexity index is 653. The summed E-state index contributed by atoms with van der Waals surface area (Å²) in [6.07, 6.45) is 9.20. The molecular formula is C19H28N4. The van der Waals surface area contributed by atoms with E-state index < -0.39 is 0 Å². The van der Waals surface area contributed by atoms with Crippen molar-refractivity contribution in [2.45, 2.75) is 65.3 Å². The largest absolute Gasteiger partial charge is 0.325 e. The molecule has 124 valence electrons. The Labute approximate surface area is 139 Å². The van der Waals surface area contributed by atoms with Crippen LogP contribution in [0.4, 0.5) is 0 Å². The van der Waals surface area contributed by atoms with Crippen LogP contribution in [0.3, 0.4) is 0 Å². The molecule has 1 saturated carbocycles. The maximum absolute atomic E-state index is 5.89. The van der Waals surface area contributed by atoms with Crippen molar-refractivity contribution < 1.29 is 0 Å².